The summed E-state index contributed by atoms with van der Waals surface area (Å²) in [7, 11) is 3.19. The predicted molar refractivity (Wildman–Crippen MR) is 110 cm³/mol. The van der Waals surface area contributed by atoms with Gasteiger partial charge in [0.2, 0.25) is 5.28 Å². The minimum atomic E-state index is -0.420. The molecule has 0 spiro atoms. The predicted octanol–water partition coefficient (Wildman–Crippen LogP) is 2.77. The lowest BCUT2D eigenvalue weighted by Crippen LogP contribution is -2.40. The summed E-state index contributed by atoms with van der Waals surface area (Å²) in [4.78, 5) is 30.1. The summed E-state index contributed by atoms with van der Waals surface area (Å²) in [6.07, 6.45) is 2.44. The quantitative estimate of drug-likeness (QED) is 0.469. The summed E-state index contributed by atoms with van der Waals surface area (Å²) in [5.74, 6) is 0.727. The van der Waals surface area contributed by atoms with Gasteiger partial charge in [-0.25, -0.2) is 4.79 Å². The molecule has 0 N–H and O–H groups in total. The molecule has 0 aliphatic carbocycles. The Morgan fingerprint density at radius 3 is 2.61 bits per heavy atom. The molecular formula is C20H23ClN4O3. The van der Waals surface area contributed by atoms with Crippen LogP contribution in [0.1, 0.15) is 19.4 Å². The maximum Gasteiger partial charge on any atom is 0.332 e. The Bertz CT molecular complexity index is 1170. The molecule has 2 heterocycles. The van der Waals surface area contributed by atoms with E-state index in [1.165, 1.54) is 9.13 Å². The highest BCUT2D eigenvalue weighted by Gasteiger charge is 2.19. The van der Waals surface area contributed by atoms with Gasteiger partial charge in [0.15, 0.2) is 11.2 Å². The largest absolute Gasteiger partial charge is 0.496 e. The van der Waals surface area contributed by atoms with E-state index in [1.807, 2.05) is 44.2 Å². The van der Waals surface area contributed by atoms with Crippen LogP contribution in [-0.2, 0) is 26.6 Å². The van der Waals surface area contributed by atoms with Crippen LogP contribution < -0.4 is 16.0 Å². The molecule has 0 saturated heterocycles. The summed E-state index contributed by atoms with van der Waals surface area (Å²) in [6, 6.07) is 7.55. The SMILES string of the molecule is COc1ccccc1CCn1c(=O)c2c(nc(Cl)n2CC=C(C)C)n(C)c1=O. The average Bonchev–Trinajstić information content (AvgIpc) is 3.01. The molecule has 3 aromatic rings. The first-order valence-corrected chi connectivity index (χ1v) is 9.33. The summed E-state index contributed by atoms with van der Waals surface area (Å²) in [6.45, 7) is 4.58. The van der Waals surface area contributed by atoms with Gasteiger partial charge in [-0.2, -0.15) is 4.98 Å². The van der Waals surface area contributed by atoms with Crippen molar-refractivity contribution in [1.82, 2.24) is 18.7 Å². The lowest BCUT2D eigenvalue weighted by molar-refractivity contribution is 0.408. The number of ether oxygens (including phenoxy) is 1. The standard InChI is InChI=1S/C20H23ClN4O3/c1-13(2)9-11-24-16-17(22-19(24)21)23(3)20(27)25(18(16)26)12-10-14-7-5-6-8-15(14)28-4/h5-9H,10-12H2,1-4H3. The molecule has 0 fully saturated rings. The number of halogens is 1. The first-order valence-electron chi connectivity index (χ1n) is 8.96. The molecule has 0 atom stereocenters. The van der Waals surface area contributed by atoms with Gasteiger partial charge in [-0.15, -0.1) is 0 Å². The van der Waals surface area contributed by atoms with Crippen molar-refractivity contribution in [1.29, 1.82) is 0 Å². The lowest BCUT2D eigenvalue weighted by atomic mass is 10.1. The number of methoxy groups -OCH3 is 1. The minimum Gasteiger partial charge on any atom is -0.496 e. The van der Waals surface area contributed by atoms with Gasteiger partial charge in [0, 0.05) is 20.1 Å². The van der Waals surface area contributed by atoms with Crippen molar-refractivity contribution in [3.63, 3.8) is 0 Å². The van der Waals surface area contributed by atoms with Gasteiger partial charge in [0.1, 0.15) is 5.75 Å². The van der Waals surface area contributed by atoms with Crippen LogP contribution in [0.15, 0.2) is 45.5 Å². The first kappa shape index (κ1) is 19.9. The third-order valence-corrected chi connectivity index (χ3v) is 4.95. The van der Waals surface area contributed by atoms with E-state index in [0.29, 0.717) is 18.5 Å². The van der Waals surface area contributed by atoms with Crippen molar-refractivity contribution >= 4 is 22.8 Å². The molecule has 7 nitrogen and oxygen atoms in total. The van der Waals surface area contributed by atoms with Crippen molar-refractivity contribution in [2.24, 2.45) is 7.05 Å². The molecule has 1 aromatic carbocycles. The van der Waals surface area contributed by atoms with Crippen molar-refractivity contribution in [2.75, 3.05) is 7.11 Å². The molecule has 0 radical (unpaired) electrons. The van der Waals surface area contributed by atoms with Gasteiger partial charge in [0.25, 0.3) is 5.56 Å². The molecular weight excluding hydrogens is 380 g/mol. The topological polar surface area (TPSA) is 71.1 Å². The monoisotopic (exact) mass is 402 g/mol. The van der Waals surface area contributed by atoms with Crippen LogP contribution in [0.4, 0.5) is 0 Å². The number of allylic oxidation sites excluding steroid dienone is 2. The van der Waals surface area contributed by atoms with Gasteiger partial charge < -0.3 is 9.30 Å². The summed E-state index contributed by atoms with van der Waals surface area (Å²) >= 11 is 6.25. The van der Waals surface area contributed by atoms with Crippen molar-refractivity contribution in [2.45, 2.75) is 33.4 Å². The van der Waals surface area contributed by atoms with Gasteiger partial charge in [0.05, 0.1) is 7.11 Å². The Morgan fingerprint density at radius 1 is 1.21 bits per heavy atom. The maximum absolute atomic E-state index is 13.1. The Morgan fingerprint density at radius 2 is 1.93 bits per heavy atom. The average molecular weight is 403 g/mol. The second kappa shape index (κ2) is 8.06. The molecule has 8 heteroatoms. The number of fused-ring (bicyclic) bond motifs is 1. The molecule has 0 bridgehead atoms. The van der Waals surface area contributed by atoms with Crippen LogP contribution in [0.5, 0.6) is 5.75 Å². The first-order chi connectivity index (χ1) is 13.3. The number of hydrogen-bond acceptors (Lipinski definition) is 4. The molecule has 3 rings (SSSR count). The van der Waals surface area contributed by atoms with E-state index in [-0.39, 0.29) is 17.5 Å². The number of imidazole rings is 1. The third-order valence-electron chi connectivity index (χ3n) is 4.67. The number of aromatic nitrogens is 4. The van der Waals surface area contributed by atoms with E-state index in [0.717, 1.165) is 16.9 Å². The summed E-state index contributed by atoms with van der Waals surface area (Å²) in [5, 5.41) is 0.182. The highest BCUT2D eigenvalue weighted by atomic mass is 35.5. The van der Waals surface area contributed by atoms with Gasteiger partial charge in [-0.05, 0) is 43.5 Å². The third kappa shape index (κ3) is 3.62. The normalized spacial score (nSPS) is 11.0. The van der Waals surface area contributed by atoms with E-state index in [9.17, 15) is 9.59 Å². The van der Waals surface area contributed by atoms with E-state index in [1.54, 1.807) is 18.7 Å². The number of para-hydroxylation sites is 1. The molecule has 0 aliphatic rings. The Balaban J connectivity index is 2.10. The van der Waals surface area contributed by atoms with Gasteiger partial charge in [-0.3, -0.25) is 13.9 Å². The number of benzene rings is 1. The number of hydrogen-bond donors (Lipinski definition) is 0. The Hall–Kier alpha value is -2.80. The highest BCUT2D eigenvalue weighted by Crippen LogP contribution is 2.19. The van der Waals surface area contributed by atoms with Gasteiger partial charge in [-0.1, -0.05) is 29.8 Å². The number of rotatable bonds is 6. The Labute approximate surface area is 167 Å². The number of aryl methyl sites for hydroxylation is 2. The van der Waals surface area contributed by atoms with E-state index >= 15 is 0 Å². The fraction of sp³-hybridized carbons (Fsp3) is 0.350. The zero-order chi connectivity index (χ0) is 20.4. The van der Waals surface area contributed by atoms with Crippen molar-refractivity contribution in [3.05, 3.63) is 67.6 Å². The van der Waals surface area contributed by atoms with E-state index < -0.39 is 11.2 Å². The second-order valence-electron chi connectivity index (χ2n) is 6.81. The van der Waals surface area contributed by atoms with E-state index in [2.05, 4.69) is 4.98 Å². The van der Waals surface area contributed by atoms with Crippen LogP contribution in [0, 0.1) is 0 Å². The molecule has 28 heavy (non-hydrogen) atoms. The van der Waals surface area contributed by atoms with Crippen molar-refractivity contribution < 1.29 is 4.74 Å². The minimum absolute atomic E-state index is 0.182. The summed E-state index contributed by atoms with van der Waals surface area (Å²) < 4.78 is 9.58. The fourth-order valence-electron chi connectivity index (χ4n) is 3.12. The zero-order valence-electron chi connectivity index (χ0n) is 16.4. The molecule has 0 aliphatic heterocycles. The zero-order valence-corrected chi connectivity index (χ0v) is 17.2. The van der Waals surface area contributed by atoms with Crippen LogP contribution in [0.25, 0.3) is 11.2 Å². The highest BCUT2D eigenvalue weighted by molar-refractivity contribution is 6.29. The van der Waals surface area contributed by atoms with Crippen LogP contribution in [-0.4, -0.2) is 25.8 Å². The van der Waals surface area contributed by atoms with Gasteiger partial charge >= 0.3 is 5.69 Å². The van der Waals surface area contributed by atoms with Crippen LogP contribution >= 0.6 is 11.6 Å². The molecule has 0 saturated carbocycles. The maximum atomic E-state index is 13.1. The molecule has 0 unspecified atom stereocenters. The number of nitrogens with zero attached hydrogens (tertiary/aromatic N) is 4. The summed E-state index contributed by atoms with van der Waals surface area (Å²) in [5.41, 5.74) is 1.82. The molecule has 2 aromatic heterocycles. The van der Waals surface area contributed by atoms with E-state index in [4.69, 9.17) is 16.3 Å². The smallest absolute Gasteiger partial charge is 0.332 e. The second-order valence-corrected chi connectivity index (χ2v) is 7.14. The molecule has 148 valence electrons. The van der Waals surface area contributed by atoms with Crippen LogP contribution in [0.3, 0.4) is 0 Å². The molecule has 0 amide bonds. The van der Waals surface area contributed by atoms with Crippen LogP contribution in [0.2, 0.25) is 5.28 Å². The lowest BCUT2D eigenvalue weighted by Gasteiger charge is -2.11. The fourth-order valence-corrected chi connectivity index (χ4v) is 3.36. The van der Waals surface area contributed by atoms with Crippen molar-refractivity contribution in [3.8, 4) is 5.75 Å². The Kier molecular flexibility index (Phi) is 5.74.